The predicted molar refractivity (Wildman–Crippen MR) is 125 cm³/mol. The first kappa shape index (κ1) is 22.3. The van der Waals surface area contributed by atoms with Crippen LogP contribution in [0.2, 0.25) is 0 Å². The summed E-state index contributed by atoms with van der Waals surface area (Å²) in [5.74, 6) is -0.148. The topological polar surface area (TPSA) is 107 Å². The number of ether oxygens (including phenoxy) is 1. The number of carbonyl (C=O) groups is 1. The Morgan fingerprint density at radius 2 is 2.03 bits per heavy atom. The van der Waals surface area contributed by atoms with E-state index in [2.05, 4.69) is 40.7 Å². The second kappa shape index (κ2) is 10.2. The summed E-state index contributed by atoms with van der Waals surface area (Å²) in [4.78, 5) is 15.2. The van der Waals surface area contributed by atoms with Crippen LogP contribution >= 0.6 is 0 Å². The molecule has 0 spiro atoms. The van der Waals surface area contributed by atoms with Gasteiger partial charge in [-0.15, -0.1) is 0 Å². The average molecular weight is 443 g/mol. The van der Waals surface area contributed by atoms with E-state index in [1.54, 1.807) is 6.20 Å². The number of fused-ring (bicyclic) bond motifs is 1. The second-order valence-electron chi connectivity index (χ2n) is 8.23. The Morgan fingerprint density at radius 1 is 1.24 bits per heavy atom. The molecular weight excluding hydrogens is 416 g/mol. The van der Waals surface area contributed by atoms with Crippen LogP contribution in [-0.4, -0.2) is 35.3 Å². The highest BCUT2D eigenvalue weighted by atomic mass is 16.5. The molecule has 1 aromatic heterocycles. The second-order valence-corrected chi connectivity index (χ2v) is 8.23. The lowest BCUT2D eigenvalue weighted by atomic mass is 9.95. The zero-order chi connectivity index (χ0) is 23.2. The van der Waals surface area contributed by atoms with Crippen LogP contribution in [-0.2, 0) is 11.2 Å². The third-order valence-electron chi connectivity index (χ3n) is 5.83. The maximum Gasteiger partial charge on any atom is 0.307 e. The van der Waals surface area contributed by atoms with Crippen molar-refractivity contribution in [2.75, 3.05) is 18.4 Å². The maximum absolute atomic E-state index is 11.1. The molecule has 0 aliphatic carbocycles. The number of aromatic nitrogens is 1. The molecule has 0 radical (unpaired) electrons. The van der Waals surface area contributed by atoms with Crippen LogP contribution in [0.25, 0.3) is 0 Å². The van der Waals surface area contributed by atoms with Crippen LogP contribution < -0.4 is 15.4 Å². The molecule has 168 valence electrons. The average Bonchev–Trinajstić information content (AvgIpc) is 2.84. The minimum atomic E-state index is -0.837. The number of nitrogens with zero attached hydrogens (tertiary/aromatic N) is 2. The van der Waals surface area contributed by atoms with E-state index in [1.807, 2.05) is 42.5 Å². The first-order valence-corrected chi connectivity index (χ1v) is 10.9. The summed E-state index contributed by atoms with van der Waals surface area (Å²) >= 11 is 0. The lowest BCUT2D eigenvalue weighted by molar-refractivity contribution is -0.136. The maximum atomic E-state index is 11.1. The van der Waals surface area contributed by atoms with Gasteiger partial charge in [-0.3, -0.25) is 9.78 Å². The van der Waals surface area contributed by atoms with Crippen molar-refractivity contribution >= 4 is 11.7 Å². The number of aliphatic carboxylic acids is 1. The molecule has 0 saturated carbocycles. The van der Waals surface area contributed by atoms with Gasteiger partial charge in [-0.05, 0) is 22.6 Å². The summed E-state index contributed by atoms with van der Waals surface area (Å²) in [7, 11) is 0. The van der Waals surface area contributed by atoms with Crippen LogP contribution in [0.15, 0.2) is 67.0 Å². The van der Waals surface area contributed by atoms with Crippen LogP contribution in [0.1, 0.15) is 41.1 Å². The number of rotatable bonds is 8. The summed E-state index contributed by atoms with van der Waals surface area (Å²) < 4.78 is 6.32. The normalized spacial score (nSPS) is 16.4. The van der Waals surface area contributed by atoms with Crippen LogP contribution in [0.5, 0.6) is 5.75 Å². The zero-order valence-electron chi connectivity index (χ0n) is 18.4. The fourth-order valence-corrected chi connectivity index (χ4v) is 4.10. The summed E-state index contributed by atoms with van der Waals surface area (Å²) in [6, 6.07) is 19.9. The number of hydrogen-bond acceptors (Lipinski definition) is 6. The van der Waals surface area contributed by atoms with E-state index in [-0.39, 0.29) is 24.5 Å². The molecule has 1 aliphatic heterocycles. The minimum Gasteiger partial charge on any atom is -0.483 e. The Hall–Kier alpha value is -3.89. The van der Waals surface area contributed by atoms with E-state index in [0.29, 0.717) is 24.4 Å². The number of nitrogens with one attached hydrogen (secondary N) is 2. The summed E-state index contributed by atoms with van der Waals surface area (Å²) in [5.41, 5.74) is 4.09. The van der Waals surface area contributed by atoms with Crippen molar-refractivity contribution in [1.29, 1.82) is 5.26 Å². The molecule has 1 unspecified atom stereocenters. The lowest BCUT2D eigenvalue weighted by Crippen LogP contribution is -2.43. The summed E-state index contributed by atoms with van der Waals surface area (Å²) in [6.07, 6.45) is 2.96. The fourth-order valence-electron chi connectivity index (χ4n) is 4.10. The Kier molecular flexibility index (Phi) is 6.86. The quantitative estimate of drug-likeness (QED) is 0.486. The first-order valence-electron chi connectivity index (χ1n) is 10.9. The highest BCUT2D eigenvalue weighted by molar-refractivity contribution is 5.70. The fraction of sp³-hybridized carbons (Fsp3) is 0.269. The van der Waals surface area contributed by atoms with Gasteiger partial charge < -0.3 is 20.5 Å². The van der Waals surface area contributed by atoms with E-state index in [1.165, 1.54) is 6.20 Å². The zero-order valence-corrected chi connectivity index (χ0v) is 18.4. The Bertz CT molecular complexity index is 1160. The molecule has 0 saturated heterocycles. The molecule has 2 aromatic carbocycles. The molecule has 4 rings (SSSR count). The SMILES string of the molecule is CC(CN[C@H](c1ccccc1)[C@H]1CNc2cncc(C#N)c2O1)c1cccc(CC(=O)O)c1. The van der Waals surface area contributed by atoms with Gasteiger partial charge in [0.1, 0.15) is 17.7 Å². The summed E-state index contributed by atoms with van der Waals surface area (Å²) in [6.45, 7) is 3.35. The molecule has 0 amide bonds. The van der Waals surface area contributed by atoms with E-state index in [9.17, 15) is 10.1 Å². The molecule has 3 aromatic rings. The molecule has 7 nitrogen and oxygen atoms in total. The largest absolute Gasteiger partial charge is 0.483 e. The Balaban J connectivity index is 1.53. The lowest BCUT2D eigenvalue weighted by Gasteiger charge is -2.34. The molecule has 0 bridgehead atoms. The van der Waals surface area contributed by atoms with Crippen LogP contribution in [0.3, 0.4) is 0 Å². The van der Waals surface area contributed by atoms with Crippen LogP contribution in [0, 0.1) is 11.3 Å². The van der Waals surface area contributed by atoms with Crippen molar-refractivity contribution in [3.8, 4) is 11.8 Å². The highest BCUT2D eigenvalue weighted by Gasteiger charge is 2.30. The van der Waals surface area contributed by atoms with Gasteiger partial charge in [0.2, 0.25) is 0 Å². The number of anilines is 1. The number of carboxylic acid groups (broad SMARTS) is 1. The van der Waals surface area contributed by atoms with E-state index < -0.39 is 5.97 Å². The predicted octanol–water partition coefficient (Wildman–Crippen LogP) is 3.89. The van der Waals surface area contributed by atoms with Crippen LogP contribution in [0.4, 0.5) is 5.69 Å². The van der Waals surface area contributed by atoms with Gasteiger partial charge in [0.25, 0.3) is 0 Å². The van der Waals surface area contributed by atoms with Crippen molar-refractivity contribution in [3.05, 3.63) is 89.2 Å². The number of pyridine rings is 1. The monoisotopic (exact) mass is 442 g/mol. The highest BCUT2D eigenvalue weighted by Crippen LogP contribution is 2.35. The first-order chi connectivity index (χ1) is 16.0. The number of hydrogen-bond donors (Lipinski definition) is 3. The van der Waals surface area contributed by atoms with E-state index >= 15 is 0 Å². The molecule has 3 N–H and O–H groups in total. The van der Waals surface area contributed by atoms with Gasteiger partial charge >= 0.3 is 5.97 Å². The van der Waals surface area contributed by atoms with Crippen molar-refractivity contribution in [1.82, 2.24) is 10.3 Å². The third kappa shape index (κ3) is 5.30. The van der Waals surface area contributed by atoms with Gasteiger partial charge in [-0.2, -0.15) is 5.26 Å². The molecule has 33 heavy (non-hydrogen) atoms. The molecule has 1 aliphatic rings. The molecule has 2 heterocycles. The van der Waals surface area contributed by atoms with E-state index in [0.717, 1.165) is 22.4 Å². The molecular formula is C26H26N4O3. The number of carboxylic acids is 1. The van der Waals surface area contributed by atoms with Crippen molar-refractivity contribution in [3.63, 3.8) is 0 Å². The summed E-state index contributed by atoms with van der Waals surface area (Å²) in [5, 5.41) is 25.6. The number of benzene rings is 2. The van der Waals surface area contributed by atoms with E-state index in [4.69, 9.17) is 9.84 Å². The minimum absolute atomic E-state index is 0.0116. The number of nitriles is 1. The van der Waals surface area contributed by atoms with Gasteiger partial charge in [-0.1, -0.05) is 61.5 Å². The van der Waals surface area contributed by atoms with Crippen molar-refractivity contribution in [2.45, 2.75) is 31.4 Å². The molecule has 7 heteroatoms. The smallest absolute Gasteiger partial charge is 0.307 e. The Labute approximate surface area is 193 Å². The van der Waals surface area contributed by atoms with Crippen molar-refractivity contribution < 1.29 is 14.6 Å². The van der Waals surface area contributed by atoms with Gasteiger partial charge in [-0.25, -0.2) is 0 Å². The van der Waals surface area contributed by atoms with Gasteiger partial charge in [0.05, 0.1) is 30.9 Å². The van der Waals surface area contributed by atoms with Gasteiger partial charge in [0, 0.05) is 12.7 Å². The molecule has 3 atom stereocenters. The Morgan fingerprint density at radius 3 is 2.79 bits per heavy atom. The van der Waals surface area contributed by atoms with Gasteiger partial charge in [0.15, 0.2) is 5.75 Å². The third-order valence-corrected chi connectivity index (χ3v) is 5.83. The molecule has 0 fully saturated rings. The van der Waals surface area contributed by atoms with Crippen molar-refractivity contribution in [2.24, 2.45) is 0 Å². The standard InChI is InChI=1S/C26H26N4O3/c1-17(20-9-5-6-18(10-20)11-24(31)32)13-30-25(19-7-3-2-4-8-19)23-16-29-22-15-28-14-21(12-27)26(22)33-23/h2-10,14-15,17,23,25,29-30H,11,13,16H2,1H3,(H,31,32)/t17?,23-,25-/m1/s1.